The highest BCUT2D eigenvalue weighted by molar-refractivity contribution is 5.80. The quantitative estimate of drug-likeness (QED) is 0.322. The van der Waals surface area contributed by atoms with Crippen molar-refractivity contribution < 1.29 is 9.90 Å². The molecule has 0 atom stereocenters. The molecular formula is C5H8N2O2. The number of hydrogen-bond acceptors (Lipinski definition) is 2. The monoisotopic (exact) mass is 128 g/mol. The molecule has 50 valence electrons. The zero-order valence-corrected chi connectivity index (χ0v) is 5.03. The molecule has 9 heavy (non-hydrogen) atoms. The average Bonchev–Trinajstić information content (AvgIpc) is 1.83. The van der Waals surface area contributed by atoms with Gasteiger partial charge in [0.25, 0.3) is 0 Å². The van der Waals surface area contributed by atoms with Crippen LogP contribution >= 0.6 is 0 Å². The molecule has 0 radical (unpaired) electrons. The van der Waals surface area contributed by atoms with E-state index in [2.05, 4.69) is 0 Å². The number of aliphatic carboxylic acids is 1. The number of carbonyl (C=O) groups is 1. The first kappa shape index (κ1) is 7.68. The predicted octanol–water partition coefficient (Wildman–Crippen LogP) is 0.124. The molecule has 0 aliphatic carbocycles. The normalized spacial score (nSPS) is 9.44. The Hall–Kier alpha value is -1.32. The third-order valence-corrected chi connectivity index (χ3v) is 0.656. The zero-order valence-electron chi connectivity index (χ0n) is 5.03. The van der Waals surface area contributed by atoms with Gasteiger partial charge in [0.15, 0.2) is 0 Å². The van der Waals surface area contributed by atoms with Gasteiger partial charge in [-0.2, -0.15) is 0 Å². The number of rotatable bonds is 3. The Labute approximate surface area is 52.9 Å². The predicted molar refractivity (Wildman–Crippen MR) is 33.3 cm³/mol. The van der Waals surface area contributed by atoms with Gasteiger partial charge in [0.05, 0.1) is 6.34 Å². The molecule has 4 nitrogen and oxygen atoms in total. The topological polar surface area (TPSA) is 64.4 Å². The Morgan fingerprint density at radius 1 is 1.78 bits per heavy atom. The van der Waals surface area contributed by atoms with E-state index in [1.165, 1.54) is 11.1 Å². The van der Waals surface area contributed by atoms with Crippen LogP contribution in [0.5, 0.6) is 0 Å². The summed E-state index contributed by atoms with van der Waals surface area (Å²) in [6, 6.07) is 0. The van der Waals surface area contributed by atoms with Gasteiger partial charge in [-0.25, -0.2) is 4.79 Å². The van der Waals surface area contributed by atoms with Crippen molar-refractivity contribution in [1.82, 2.24) is 4.90 Å². The molecule has 4 heteroatoms. The van der Waals surface area contributed by atoms with Crippen LogP contribution in [0.2, 0.25) is 0 Å². The van der Waals surface area contributed by atoms with Gasteiger partial charge in [-0.1, -0.05) is 0 Å². The highest BCUT2D eigenvalue weighted by atomic mass is 16.4. The number of carboxylic acid groups (broad SMARTS) is 1. The van der Waals surface area contributed by atoms with Crippen molar-refractivity contribution in [3.63, 3.8) is 0 Å². The maximum Gasteiger partial charge on any atom is 0.329 e. The summed E-state index contributed by atoms with van der Waals surface area (Å²) in [6.07, 6.45) is 3.26. The Balaban J connectivity index is 3.69. The molecule has 0 amide bonds. The lowest BCUT2D eigenvalue weighted by molar-refractivity contribution is -0.131. The fourth-order valence-electron chi connectivity index (χ4n) is 0.224. The molecule has 0 aromatic carbocycles. The van der Waals surface area contributed by atoms with Crippen LogP contribution < -0.4 is 0 Å². The molecule has 0 bridgehead atoms. The minimum absolute atomic E-state index is 0.963. The van der Waals surface area contributed by atoms with E-state index in [0.29, 0.717) is 0 Å². The molecule has 0 spiro atoms. The lowest BCUT2D eigenvalue weighted by Crippen LogP contribution is -2.06. The summed E-state index contributed by atoms with van der Waals surface area (Å²) in [4.78, 5) is 11.2. The van der Waals surface area contributed by atoms with Crippen molar-refractivity contribution in [3.8, 4) is 0 Å². The Morgan fingerprint density at radius 3 is 2.67 bits per heavy atom. The van der Waals surface area contributed by atoms with Crippen LogP contribution in [0.25, 0.3) is 0 Å². The molecule has 0 unspecified atom stereocenters. The maximum absolute atomic E-state index is 9.83. The average molecular weight is 128 g/mol. The molecule has 0 heterocycles. The molecule has 0 saturated heterocycles. The van der Waals surface area contributed by atoms with E-state index in [0.717, 1.165) is 12.4 Å². The highest BCUT2D eigenvalue weighted by Gasteiger charge is 1.85. The van der Waals surface area contributed by atoms with Gasteiger partial charge in [-0.15, -0.1) is 0 Å². The fourth-order valence-corrected chi connectivity index (χ4v) is 0.224. The van der Waals surface area contributed by atoms with E-state index in [4.69, 9.17) is 10.5 Å². The van der Waals surface area contributed by atoms with Crippen molar-refractivity contribution >= 4 is 12.3 Å². The molecular weight excluding hydrogens is 120 g/mol. The molecule has 0 fully saturated rings. The lowest BCUT2D eigenvalue weighted by atomic mass is 10.6. The van der Waals surface area contributed by atoms with Gasteiger partial charge in [-0.05, 0) is 0 Å². The summed E-state index contributed by atoms with van der Waals surface area (Å²) in [6.45, 7) is 0. The van der Waals surface area contributed by atoms with E-state index in [-0.39, 0.29) is 0 Å². The zero-order chi connectivity index (χ0) is 7.28. The van der Waals surface area contributed by atoms with E-state index >= 15 is 0 Å². The summed E-state index contributed by atoms with van der Waals surface area (Å²) in [5.74, 6) is -1.01. The second-order valence-corrected chi connectivity index (χ2v) is 1.45. The summed E-state index contributed by atoms with van der Waals surface area (Å²) in [7, 11) is 1.58. The molecule has 2 N–H and O–H groups in total. The van der Waals surface area contributed by atoms with E-state index in [9.17, 15) is 4.79 Å². The van der Waals surface area contributed by atoms with Gasteiger partial charge >= 0.3 is 5.97 Å². The maximum atomic E-state index is 9.83. The van der Waals surface area contributed by atoms with Crippen molar-refractivity contribution in [1.29, 1.82) is 5.41 Å². The van der Waals surface area contributed by atoms with Crippen molar-refractivity contribution in [3.05, 3.63) is 12.3 Å². The molecule has 0 aliphatic rings. The number of nitrogens with zero attached hydrogens (tertiary/aromatic N) is 1. The first-order valence-corrected chi connectivity index (χ1v) is 2.30. The van der Waals surface area contributed by atoms with Crippen molar-refractivity contribution in [2.45, 2.75) is 0 Å². The molecule has 0 rings (SSSR count). The smallest absolute Gasteiger partial charge is 0.329 e. The number of carboxylic acids is 1. The van der Waals surface area contributed by atoms with Crippen LogP contribution in [0.3, 0.4) is 0 Å². The van der Waals surface area contributed by atoms with Crippen LogP contribution in [0.15, 0.2) is 12.3 Å². The lowest BCUT2D eigenvalue weighted by Gasteiger charge is -2.00. The third kappa shape index (κ3) is 4.53. The van der Waals surface area contributed by atoms with Crippen LogP contribution in [-0.2, 0) is 4.79 Å². The van der Waals surface area contributed by atoms with Crippen LogP contribution in [0.1, 0.15) is 0 Å². The second-order valence-electron chi connectivity index (χ2n) is 1.45. The Bertz CT molecular complexity index is 142. The van der Waals surface area contributed by atoms with Gasteiger partial charge < -0.3 is 10.0 Å². The minimum atomic E-state index is -1.01. The number of hydrogen-bond donors (Lipinski definition) is 2. The standard InChI is InChI=1S/C5H8N2O2/c1-7(4-6)3-2-5(8)9/h2-4,6H,1H3,(H,8,9). The van der Waals surface area contributed by atoms with Crippen LogP contribution in [0, 0.1) is 5.41 Å². The van der Waals surface area contributed by atoms with E-state index in [1.54, 1.807) is 7.05 Å². The summed E-state index contributed by atoms with van der Waals surface area (Å²) in [5.41, 5.74) is 0. The number of nitrogens with one attached hydrogen (secondary N) is 1. The van der Waals surface area contributed by atoms with Crippen LogP contribution in [0.4, 0.5) is 0 Å². The molecule has 0 aromatic rings. The first-order chi connectivity index (χ1) is 4.16. The Kier molecular flexibility index (Phi) is 3.12. The third-order valence-electron chi connectivity index (χ3n) is 0.656. The molecule has 0 aliphatic heterocycles. The van der Waals surface area contributed by atoms with Gasteiger partial charge in [-0.3, -0.25) is 5.41 Å². The fraction of sp³-hybridized carbons (Fsp3) is 0.200. The summed E-state index contributed by atoms with van der Waals surface area (Å²) < 4.78 is 0. The summed E-state index contributed by atoms with van der Waals surface area (Å²) in [5, 5.41) is 14.7. The second kappa shape index (κ2) is 3.65. The van der Waals surface area contributed by atoms with Crippen molar-refractivity contribution in [2.24, 2.45) is 0 Å². The SMILES string of the molecule is CN(C=N)C=CC(=O)O. The first-order valence-electron chi connectivity index (χ1n) is 2.30. The van der Waals surface area contributed by atoms with Gasteiger partial charge in [0, 0.05) is 19.3 Å². The minimum Gasteiger partial charge on any atom is -0.478 e. The van der Waals surface area contributed by atoms with Gasteiger partial charge in [0.2, 0.25) is 0 Å². The van der Waals surface area contributed by atoms with Crippen LogP contribution in [-0.4, -0.2) is 29.4 Å². The molecule has 0 saturated carbocycles. The largest absolute Gasteiger partial charge is 0.478 e. The van der Waals surface area contributed by atoms with E-state index < -0.39 is 5.97 Å². The molecule has 0 aromatic heterocycles. The van der Waals surface area contributed by atoms with Gasteiger partial charge in [0.1, 0.15) is 0 Å². The highest BCUT2D eigenvalue weighted by Crippen LogP contribution is 1.77. The van der Waals surface area contributed by atoms with E-state index in [1.807, 2.05) is 0 Å². The Morgan fingerprint density at radius 2 is 2.33 bits per heavy atom. The summed E-state index contributed by atoms with van der Waals surface area (Å²) >= 11 is 0. The van der Waals surface area contributed by atoms with Crippen molar-refractivity contribution in [2.75, 3.05) is 7.05 Å².